The van der Waals surface area contributed by atoms with E-state index in [2.05, 4.69) is 12.2 Å². The van der Waals surface area contributed by atoms with Gasteiger partial charge in [0.25, 0.3) is 0 Å². The molecule has 0 aliphatic heterocycles. The summed E-state index contributed by atoms with van der Waals surface area (Å²) in [7, 11) is 0. The zero-order valence-corrected chi connectivity index (χ0v) is 14.9. The van der Waals surface area contributed by atoms with E-state index in [9.17, 15) is 4.79 Å². The Morgan fingerprint density at radius 2 is 1.64 bits per heavy atom. The fourth-order valence-corrected chi connectivity index (χ4v) is 3.50. The zero-order valence-electron chi connectivity index (χ0n) is 14.9. The van der Waals surface area contributed by atoms with E-state index < -0.39 is 0 Å². The molecule has 0 heterocycles. The van der Waals surface area contributed by atoms with Crippen LogP contribution in [-0.2, 0) is 11.3 Å². The third kappa shape index (κ3) is 5.09. The van der Waals surface area contributed by atoms with E-state index in [0.29, 0.717) is 12.5 Å². The Labute approximate surface area is 150 Å². The quantitative estimate of drug-likeness (QED) is 0.775. The number of ether oxygens (including phenoxy) is 1. The summed E-state index contributed by atoms with van der Waals surface area (Å²) < 4.78 is 5.79. The van der Waals surface area contributed by atoms with Crippen molar-refractivity contribution in [3.8, 4) is 11.5 Å². The molecule has 3 heteroatoms. The van der Waals surface area contributed by atoms with Gasteiger partial charge >= 0.3 is 0 Å². The van der Waals surface area contributed by atoms with Crippen molar-refractivity contribution in [2.75, 3.05) is 0 Å². The smallest absolute Gasteiger partial charge is 0.223 e. The van der Waals surface area contributed by atoms with Crippen LogP contribution in [0.15, 0.2) is 54.6 Å². The number of carbonyl (C=O) groups is 1. The molecular formula is C22H27NO2. The SMILES string of the molecule is C[C@@H](C(=O)NCc1ccc(Oc2ccccc2)cc1)C1CCCCC1. The lowest BCUT2D eigenvalue weighted by Gasteiger charge is -2.26. The van der Waals surface area contributed by atoms with E-state index in [-0.39, 0.29) is 11.8 Å². The first-order valence-electron chi connectivity index (χ1n) is 9.32. The molecule has 25 heavy (non-hydrogen) atoms. The van der Waals surface area contributed by atoms with E-state index in [1.165, 1.54) is 32.1 Å². The summed E-state index contributed by atoms with van der Waals surface area (Å²) in [6, 6.07) is 17.6. The maximum Gasteiger partial charge on any atom is 0.223 e. The van der Waals surface area contributed by atoms with Gasteiger partial charge in [-0.15, -0.1) is 0 Å². The van der Waals surface area contributed by atoms with Crippen LogP contribution in [-0.4, -0.2) is 5.91 Å². The molecule has 1 aliphatic carbocycles. The highest BCUT2D eigenvalue weighted by atomic mass is 16.5. The average molecular weight is 337 g/mol. The number of rotatable bonds is 6. The standard InChI is InChI=1S/C22H27NO2/c1-17(19-8-4-2-5-9-19)22(24)23-16-18-12-14-21(15-13-18)25-20-10-6-3-7-11-20/h3,6-7,10-15,17,19H,2,4-5,8-9,16H2,1H3,(H,23,24)/t17-/m1/s1. The third-order valence-corrected chi connectivity index (χ3v) is 5.14. The minimum Gasteiger partial charge on any atom is -0.457 e. The maximum atomic E-state index is 12.4. The van der Waals surface area contributed by atoms with Crippen LogP contribution in [0.3, 0.4) is 0 Å². The molecule has 0 unspecified atom stereocenters. The Balaban J connectivity index is 1.48. The van der Waals surface area contributed by atoms with Crippen molar-refractivity contribution in [2.45, 2.75) is 45.6 Å². The Kier molecular flexibility index (Phi) is 6.10. The molecule has 1 atom stereocenters. The molecule has 2 aromatic rings. The van der Waals surface area contributed by atoms with Crippen molar-refractivity contribution in [1.82, 2.24) is 5.32 Å². The summed E-state index contributed by atoms with van der Waals surface area (Å²) in [4.78, 5) is 12.4. The van der Waals surface area contributed by atoms with Crippen molar-refractivity contribution in [3.63, 3.8) is 0 Å². The molecular weight excluding hydrogens is 310 g/mol. The second kappa shape index (κ2) is 8.70. The van der Waals surface area contributed by atoms with Crippen molar-refractivity contribution in [3.05, 3.63) is 60.2 Å². The first kappa shape index (κ1) is 17.5. The number of para-hydroxylation sites is 1. The number of amides is 1. The van der Waals surface area contributed by atoms with Crippen molar-refractivity contribution < 1.29 is 9.53 Å². The molecule has 0 aromatic heterocycles. The highest BCUT2D eigenvalue weighted by Gasteiger charge is 2.25. The number of carbonyl (C=O) groups excluding carboxylic acids is 1. The number of nitrogens with one attached hydrogen (secondary N) is 1. The Morgan fingerprint density at radius 3 is 2.32 bits per heavy atom. The lowest BCUT2D eigenvalue weighted by molar-refractivity contribution is -0.126. The minimum absolute atomic E-state index is 0.112. The van der Waals surface area contributed by atoms with Gasteiger partial charge in [-0.2, -0.15) is 0 Å². The van der Waals surface area contributed by atoms with Gasteiger partial charge in [-0.25, -0.2) is 0 Å². The molecule has 3 rings (SSSR count). The highest BCUT2D eigenvalue weighted by Crippen LogP contribution is 2.30. The van der Waals surface area contributed by atoms with Crippen molar-refractivity contribution >= 4 is 5.91 Å². The van der Waals surface area contributed by atoms with E-state index in [0.717, 1.165) is 17.1 Å². The highest BCUT2D eigenvalue weighted by molar-refractivity contribution is 5.78. The van der Waals surface area contributed by atoms with Gasteiger partial charge in [0.1, 0.15) is 11.5 Å². The van der Waals surface area contributed by atoms with Crippen LogP contribution in [0.2, 0.25) is 0 Å². The molecule has 0 radical (unpaired) electrons. The monoisotopic (exact) mass is 337 g/mol. The fourth-order valence-electron chi connectivity index (χ4n) is 3.50. The van der Waals surface area contributed by atoms with Crippen LogP contribution in [0, 0.1) is 11.8 Å². The first-order valence-corrected chi connectivity index (χ1v) is 9.32. The number of hydrogen-bond donors (Lipinski definition) is 1. The second-order valence-corrected chi connectivity index (χ2v) is 6.96. The third-order valence-electron chi connectivity index (χ3n) is 5.14. The molecule has 0 spiro atoms. The fraction of sp³-hybridized carbons (Fsp3) is 0.409. The molecule has 1 saturated carbocycles. The van der Waals surface area contributed by atoms with Gasteiger partial charge in [0.15, 0.2) is 0 Å². The Morgan fingerprint density at radius 1 is 1.00 bits per heavy atom. The maximum absolute atomic E-state index is 12.4. The van der Waals surface area contributed by atoms with Crippen LogP contribution < -0.4 is 10.1 Å². The lowest BCUT2D eigenvalue weighted by Crippen LogP contribution is -2.33. The second-order valence-electron chi connectivity index (χ2n) is 6.96. The number of benzene rings is 2. The Hall–Kier alpha value is -2.29. The van der Waals surface area contributed by atoms with Gasteiger partial charge in [0.2, 0.25) is 5.91 Å². The van der Waals surface area contributed by atoms with Crippen LogP contribution >= 0.6 is 0 Å². The average Bonchev–Trinajstić information content (AvgIpc) is 2.68. The largest absolute Gasteiger partial charge is 0.457 e. The van der Waals surface area contributed by atoms with Gasteiger partial charge in [-0.05, 0) is 48.6 Å². The van der Waals surface area contributed by atoms with Crippen molar-refractivity contribution in [2.24, 2.45) is 11.8 Å². The predicted molar refractivity (Wildman–Crippen MR) is 101 cm³/mol. The Bertz CT molecular complexity index is 660. The van der Waals surface area contributed by atoms with Gasteiger partial charge in [-0.3, -0.25) is 4.79 Å². The summed E-state index contributed by atoms with van der Waals surface area (Å²) in [5, 5.41) is 3.09. The molecule has 1 amide bonds. The van der Waals surface area contributed by atoms with Gasteiger partial charge in [0.05, 0.1) is 0 Å². The molecule has 2 aromatic carbocycles. The molecule has 3 nitrogen and oxygen atoms in total. The molecule has 1 N–H and O–H groups in total. The topological polar surface area (TPSA) is 38.3 Å². The minimum atomic E-state index is 0.112. The molecule has 1 fully saturated rings. The normalized spacial score (nSPS) is 16.2. The van der Waals surface area contributed by atoms with Crippen molar-refractivity contribution in [1.29, 1.82) is 0 Å². The summed E-state index contributed by atoms with van der Waals surface area (Å²) in [6.45, 7) is 2.64. The summed E-state index contributed by atoms with van der Waals surface area (Å²) >= 11 is 0. The van der Waals surface area contributed by atoms with E-state index in [4.69, 9.17) is 4.74 Å². The van der Waals surface area contributed by atoms with E-state index in [1.54, 1.807) is 0 Å². The van der Waals surface area contributed by atoms with Gasteiger partial charge < -0.3 is 10.1 Å². The predicted octanol–water partition coefficient (Wildman–Crippen LogP) is 5.31. The first-order chi connectivity index (χ1) is 12.2. The van der Waals surface area contributed by atoms with E-state index >= 15 is 0 Å². The molecule has 132 valence electrons. The summed E-state index contributed by atoms with van der Waals surface area (Å²) in [6.07, 6.45) is 6.25. The molecule has 0 bridgehead atoms. The summed E-state index contributed by atoms with van der Waals surface area (Å²) in [5.74, 6) is 2.47. The van der Waals surface area contributed by atoms with Gasteiger partial charge in [-0.1, -0.05) is 56.5 Å². The molecule has 1 aliphatic rings. The van der Waals surface area contributed by atoms with Crippen LogP contribution in [0.4, 0.5) is 0 Å². The van der Waals surface area contributed by atoms with E-state index in [1.807, 2.05) is 54.6 Å². The lowest BCUT2D eigenvalue weighted by atomic mass is 9.80. The van der Waals surface area contributed by atoms with Crippen LogP contribution in [0.5, 0.6) is 11.5 Å². The van der Waals surface area contributed by atoms with Gasteiger partial charge in [0, 0.05) is 12.5 Å². The molecule has 0 saturated heterocycles. The van der Waals surface area contributed by atoms with Crippen LogP contribution in [0.25, 0.3) is 0 Å². The summed E-state index contributed by atoms with van der Waals surface area (Å²) in [5.41, 5.74) is 1.09. The van der Waals surface area contributed by atoms with Crippen LogP contribution in [0.1, 0.15) is 44.6 Å². The number of hydrogen-bond acceptors (Lipinski definition) is 2. The zero-order chi connectivity index (χ0) is 17.5.